The molecule has 0 unspecified atom stereocenters. The third kappa shape index (κ3) is 4.96. The maximum Gasteiger partial charge on any atom is 0.328 e. The van der Waals surface area contributed by atoms with Crippen molar-refractivity contribution in [2.75, 3.05) is 7.11 Å². The third-order valence-corrected chi connectivity index (χ3v) is 6.60. The number of hydrogen-bond acceptors (Lipinski definition) is 6. The number of ether oxygens (including phenoxy) is 2. The molecule has 1 aliphatic rings. The number of methoxy groups -OCH3 is 1. The fourth-order valence-corrected chi connectivity index (χ4v) is 4.76. The molecule has 1 heterocycles. The Morgan fingerprint density at radius 1 is 1.09 bits per heavy atom. The largest absolute Gasteiger partial charge is 0.488 e. The Labute approximate surface area is 203 Å². The van der Waals surface area contributed by atoms with E-state index in [9.17, 15) is 14.4 Å². The highest BCUT2D eigenvalue weighted by Crippen LogP contribution is 2.36. The first-order valence-electron chi connectivity index (χ1n) is 10.1. The number of carbonyl (C=O) groups is 3. The molecule has 3 aromatic carbocycles. The first-order valence-corrected chi connectivity index (χ1v) is 11.7. The molecule has 3 aromatic rings. The molecule has 33 heavy (non-hydrogen) atoms. The summed E-state index contributed by atoms with van der Waals surface area (Å²) in [7, 11) is 1.22. The van der Waals surface area contributed by atoms with E-state index in [1.54, 1.807) is 12.1 Å². The molecule has 0 spiro atoms. The summed E-state index contributed by atoms with van der Waals surface area (Å²) in [6.07, 6.45) is 1.61. The molecule has 8 heteroatoms. The smallest absolute Gasteiger partial charge is 0.328 e. The monoisotopic (exact) mass is 525 g/mol. The summed E-state index contributed by atoms with van der Waals surface area (Å²) < 4.78 is 11.5. The summed E-state index contributed by atoms with van der Waals surface area (Å²) >= 11 is 4.23. The second-order valence-corrected chi connectivity index (χ2v) is 9.31. The zero-order valence-electron chi connectivity index (χ0n) is 17.9. The van der Waals surface area contributed by atoms with Crippen LogP contribution in [0.25, 0.3) is 16.8 Å². The molecule has 1 aliphatic heterocycles. The molecule has 4 rings (SSSR count). The van der Waals surface area contributed by atoms with Gasteiger partial charge in [0, 0.05) is 10.0 Å². The van der Waals surface area contributed by atoms with Gasteiger partial charge in [0.05, 0.1) is 12.0 Å². The molecule has 0 aliphatic carbocycles. The maximum atomic E-state index is 12.8. The van der Waals surface area contributed by atoms with E-state index in [0.717, 1.165) is 37.5 Å². The third-order valence-electron chi connectivity index (χ3n) is 5.22. The van der Waals surface area contributed by atoms with Gasteiger partial charge in [-0.3, -0.25) is 14.5 Å². The van der Waals surface area contributed by atoms with Crippen LogP contribution in [0.4, 0.5) is 4.79 Å². The van der Waals surface area contributed by atoms with Crippen molar-refractivity contribution in [3.05, 3.63) is 81.2 Å². The van der Waals surface area contributed by atoms with Crippen molar-refractivity contribution in [1.82, 2.24) is 4.90 Å². The number of amides is 2. The number of fused-ring (bicyclic) bond motifs is 1. The number of carbonyl (C=O) groups excluding carboxylic acids is 3. The predicted octanol–water partition coefficient (Wildman–Crippen LogP) is 5.78. The predicted molar refractivity (Wildman–Crippen MR) is 132 cm³/mol. The fourth-order valence-electron chi connectivity index (χ4n) is 3.48. The Kier molecular flexibility index (Phi) is 6.85. The van der Waals surface area contributed by atoms with Gasteiger partial charge in [-0.25, -0.2) is 4.79 Å². The second kappa shape index (κ2) is 9.80. The molecule has 0 radical (unpaired) electrons. The van der Waals surface area contributed by atoms with Crippen LogP contribution in [0.2, 0.25) is 0 Å². The van der Waals surface area contributed by atoms with Gasteiger partial charge in [0.25, 0.3) is 11.1 Å². The molecular formula is C25H20BrNO5S. The molecule has 0 aromatic heterocycles. The Morgan fingerprint density at radius 2 is 1.85 bits per heavy atom. The minimum Gasteiger partial charge on any atom is -0.488 e. The van der Waals surface area contributed by atoms with Gasteiger partial charge in [0.15, 0.2) is 0 Å². The van der Waals surface area contributed by atoms with Gasteiger partial charge in [-0.05, 0) is 65.4 Å². The van der Waals surface area contributed by atoms with E-state index in [-0.39, 0.29) is 4.91 Å². The van der Waals surface area contributed by atoms with E-state index in [1.165, 1.54) is 14.0 Å². The van der Waals surface area contributed by atoms with Crippen LogP contribution in [-0.2, 0) is 20.9 Å². The first-order chi connectivity index (χ1) is 15.9. The van der Waals surface area contributed by atoms with Crippen molar-refractivity contribution in [2.45, 2.75) is 19.6 Å². The van der Waals surface area contributed by atoms with Gasteiger partial charge >= 0.3 is 5.97 Å². The lowest BCUT2D eigenvalue weighted by Crippen LogP contribution is -2.42. The summed E-state index contributed by atoms with van der Waals surface area (Å²) in [4.78, 5) is 38.2. The van der Waals surface area contributed by atoms with Crippen LogP contribution in [0.5, 0.6) is 5.75 Å². The van der Waals surface area contributed by atoms with Crippen molar-refractivity contribution < 1.29 is 23.9 Å². The maximum absolute atomic E-state index is 12.8. The lowest BCUT2D eigenvalue weighted by molar-refractivity contribution is -0.148. The molecule has 1 fully saturated rings. The van der Waals surface area contributed by atoms with Crippen LogP contribution >= 0.6 is 27.7 Å². The Bertz CT molecular complexity index is 1290. The number of hydrogen-bond donors (Lipinski definition) is 0. The van der Waals surface area contributed by atoms with E-state index in [0.29, 0.717) is 17.9 Å². The first kappa shape index (κ1) is 23.1. The normalized spacial score (nSPS) is 15.8. The molecule has 0 N–H and O–H groups in total. The van der Waals surface area contributed by atoms with E-state index in [2.05, 4.69) is 44.9 Å². The van der Waals surface area contributed by atoms with E-state index >= 15 is 0 Å². The number of thioether (sulfide) groups is 1. The molecular weight excluding hydrogens is 506 g/mol. The van der Waals surface area contributed by atoms with Crippen LogP contribution in [0, 0.1) is 0 Å². The SMILES string of the molecule is COC(=O)[C@@H](C)N1C(=O)S/C(=C/c2cc(Br)ccc2OCc2ccc3ccccc3c2)C1=O. The zero-order chi connectivity index (χ0) is 23.5. The number of imide groups is 1. The van der Waals surface area contributed by atoms with E-state index in [4.69, 9.17) is 4.74 Å². The van der Waals surface area contributed by atoms with Gasteiger partial charge in [-0.15, -0.1) is 0 Å². The molecule has 1 saturated heterocycles. The highest BCUT2D eigenvalue weighted by Gasteiger charge is 2.41. The lowest BCUT2D eigenvalue weighted by atomic mass is 10.1. The molecule has 6 nitrogen and oxygen atoms in total. The number of rotatable bonds is 6. The van der Waals surface area contributed by atoms with Crippen LogP contribution in [0.3, 0.4) is 0 Å². The fraction of sp³-hybridized carbons (Fsp3) is 0.160. The molecule has 2 amide bonds. The van der Waals surface area contributed by atoms with Crippen LogP contribution in [0.15, 0.2) is 70.0 Å². The standard InChI is InChI=1S/C25H20BrNO5S/c1-15(24(29)31-2)27-23(28)22(33-25(27)30)13-19-12-20(26)9-10-21(19)32-14-16-7-8-17-5-3-4-6-18(17)11-16/h3-13,15H,14H2,1-2H3/b22-13+/t15-/m1/s1. The number of esters is 1. The summed E-state index contributed by atoms with van der Waals surface area (Å²) in [5.74, 6) is -0.622. The number of halogens is 1. The van der Waals surface area contributed by atoms with E-state index < -0.39 is 23.2 Å². The summed E-state index contributed by atoms with van der Waals surface area (Å²) in [6.45, 7) is 1.80. The van der Waals surface area contributed by atoms with Crippen molar-refractivity contribution >= 4 is 61.7 Å². The number of benzene rings is 3. The Hall–Kier alpha value is -3.10. The summed E-state index contributed by atoms with van der Waals surface area (Å²) in [5.41, 5.74) is 1.65. The van der Waals surface area contributed by atoms with Crippen molar-refractivity contribution in [1.29, 1.82) is 0 Å². The summed E-state index contributed by atoms with van der Waals surface area (Å²) in [6, 6.07) is 18.7. The summed E-state index contributed by atoms with van der Waals surface area (Å²) in [5, 5.41) is 1.77. The van der Waals surface area contributed by atoms with Crippen molar-refractivity contribution in [3.8, 4) is 5.75 Å². The van der Waals surface area contributed by atoms with E-state index in [1.807, 2.05) is 30.3 Å². The van der Waals surface area contributed by atoms with Gasteiger partial charge in [0.1, 0.15) is 18.4 Å². The lowest BCUT2D eigenvalue weighted by Gasteiger charge is -2.18. The molecule has 0 bridgehead atoms. The quantitative estimate of drug-likeness (QED) is 0.300. The zero-order valence-corrected chi connectivity index (χ0v) is 20.3. The topological polar surface area (TPSA) is 72.9 Å². The molecule has 0 saturated carbocycles. The average Bonchev–Trinajstić information content (AvgIpc) is 3.09. The van der Waals surface area contributed by atoms with Crippen LogP contribution < -0.4 is 4.74 Å². The minimum atomic E-state index is -1.00. The van der Waals surface area contributed by atoms with Crippen molar-refractivity contribution in [2.24, 2.45) is 0 Å². The Balaban J connectivity index is 1.58. The highest BCUT2D eigenvalue weighted by atomic mass is 79.9. The highest BCUT2D eigenvalue weighted by molar-refractivity contribution is 9.10. The second-order valence-electron chi connectivity index (χ2n) is 7.40. The van der Waals surface area contributed by atoms with Gasteiger partial charge in [0.2, 0.25) is 0 Å². The van der Waals surface area contributed by atoms with Crippen LogP contribution in [-0.4, -0.2) is 35.2 Å². The van der Waals surface area contributed by atoms with Gasteiger partial charge in [-0.1, -0.05) is 52.3 Å². The molecule has 168 valence electrons. The van der Waals surface area contributed by atoms with Gasteiger partial charge in [-0.2, -0.15) is 0 Å². The van der Waals surface area contributed by atoms with Gasteiger partial charge < -0.3 is 9.47 Å². The molecule has 1 atom stereocenters. The minimum absolute atomic E-state index is 0.212. The van der Waals surface area contributed by atoms with Crippen molar-refractivity contribution in [3.63, 3.8) is 0 Å². The Morgan fingerprint density at radius 3 is 2.61 bits per heavy atom. The van der Waals surface area contributed by atoms with Crippen LogP contribution in [0.1, 0.15) is 18.1 Å². The number of nitrogens with zero attached hydrogens (tertiary/aromatic N) is 1. The average molecular weight is 526 g/mol.